The van der Waals surface area contributed by atoms with E-state index in [1.165, 1.54) is 0 Å². The van der Waals surface area contributed by atoms with Crippen molar-refractivity contribution < 1.29 is 13.2 Å². The smallest absolute Gasteiger partial charge is 0.170 e. The maximum Gasteiger partial charge on any atom is 0.403 e. The first kappa shape index (κ1) is 8.27. The van der Waals surface area contributed by atoms with E-state index in [9.17, 15) is 13.2 Å². The lowest BCUT2D eigenvalue weighted by Gasteiger charge is -2.19. The molecule has 8 heavy (non-hydrogen) atoms. The normalized spacial score (nSPS) is 14.2. The quantitative estimate of drug-likeness (QED) is 0.516. The van der Waals surface area contributed by atoms with Crippen molar-refractivity contribution in [2.45, 2.75) is 24.3 Å². The molecule has 0 saturated heterocycles. The Kier molecular flexibility index (Phi) is 1.96. The van der Waals surface area contributed by atoms with Crippen LogP contribution < -0.4 is 0 Å². The molecule has 0 amide bonds. The Labute approximate surface area is 54.2 Å². The molecule has 0 aliphatic carbocycles. The van der Waals surface area contributed by atoms with E-state index < -0.39 is 10.5 Å². The van der Waals surface area contributed by atoms with Crippen molar-refractivity contribution in [3.8, 4) is 0 Å². The molecule has 0 aromatic carbocycles. The van der Waals surface area contributed by atoms with E-state index in [0.29, 0.717) is 0 Å². The third-order valence-electron chi connectivity index (χ3n) is 0.674. The molecule has 0 aliphatic heterocycles. The van der Waals surface area contributed by atoms with Crippen LogP contribution in [-0.4, -0.2) is 10.5 Å². The van der Waals surface area contributed by atoms with Crippen LogP contribution in [0.5, 0.6) is 0 Å². The van der Waals surface area contributed by atoms with Crippen LogP contribution in [0.2, 0.25) is 0 Å². The molecule has 50 valence electrons. The van der Waals surface area contributed by atoms with Gasteiger partial charge >= 0.3 is 6.18 Å². The van der Waals surface area contributed by atoms with Crippen molar-refractivity contribution in [1.82, 2.24) is 0 Å². The van der Waals surface area contributed by atoms with E-state index in [1.807, 2.05) is 0 Å². The lowest BCUT2D eigenvalue weighted by molar-refractivity contribution is -0.148. The maximum absolute atomic E-state index is 11.5. The van der Waals surface area contributed by atoms with Gasteiger partial charge in [0.2, 0.25) is 0 Å². The molecule has 0 nitrogen and oxygen atoms in total. The zero-order valence-corrected chi connectivity index (χ0v) is 6.10. The summed E-state index contributed by atoms with van der Waals surface area (Å²) in [5.74, 6) is 0. The first-order chi connectivity index (χ1) is 3.25. The molecule has 0 aromatic heterocycles. The molecule has 0 saturated carbocycles. The van der Waals surface area contributed by atoms with Gasteiger partial charge in [0.15, 0.2) is 0 Å². The monoisotopic (exact) mass is 190 g/mol. The highest BCUT2D eigenvalue weighted by atomic mass is 79.9. The molecule has 0 fully saturated rings. The van der Waals surface area contributed by atoms with Crippen LogP contribution in [-0.2, 0) is 0 Å². The summed E-state index contributed by atoms with van der Waals surface area (Å²) in [4.78, 5) is 0. The second kappa shape index (κ2) is 1.90. The highest BCUT2D eigenvalue weighted by molar-refractivity contribution is 9.10. The van der Waals surface area contributed by atoms with Crippen LogP contribution in [0, 0.1) is 0 Å². The lowest BCUT2D eigenvalue weighted by Crippen LogP contribution is -2.32. The summed E-state index contributed by atoms with van der Waals surface area (Å²) in [6.45, 7) is 2.12. The van der Waals surface area contributed by atoms with Crippen LogP contribution in [0.25, 0.3) is 0 Å². The topological polar surface area (TPSA) is 0 Å². The number of hydrogen-bond acceptors (Lipinski definition) is 0. The summed E-state index contributed by atoms with van der Waals surface area (Å²) in [7, 11) is 0. The molecule has 0 rings (SSSR count). The average Bonchev–Trinajstić information content (AvgIpc) is 1.25. The van der Waals surface area contributed by atoms with Gasteiger partial charge in [0, 0.05) is 0 Å². The van der Waals surface area contributed by atoms with Gasteiger partial charge in [0.05, 0.1) is 0 Å². The van der Waals surface area contributed by atoms with Crippen LogP contribution in [0.15, 0.2) is 0 Å². The van der Waals surface area contributed by atoms with Crippen LogP contribution in [0.4, 0.5) is 13.2 Å². The standard InChI is InChI=1S/C4H6BrF3/c1-3(2,5)4(6,7)8/h1-2H3. The Hall–Kier alpha value is 0.270. The molecule has 0 bridgehead atoms. The third-order valence-corrected chi connectivity index (χ3v) is 1.12. The Morgan fingerprint density at radius 1 is 1.12 bits per heavy atom. The lowest BCUT2D eigenvalue weighted by atomic mass is 10.2. The first-order valence-corrected chi connectivity index (χ1v) is 2.80. The van der Waals surface area contributed by atoms with Crippen LogP contribution in [0.1, 0.15) is 13.8 Å². The highest BCUT2D eigenvalue weighted by Gasteiger charge is 2.44. The molecule has 0 atom stereocenters. The molecule has 0 aliphatic rings. The minimum Gasteiger partial charge on any atom is -0.170 e. The van der Waals surface area contributed by atoms with Gasteiger partial charge in [-0.2, -0.15) is 13.2 Å². The maximum atomic E-state index is 11.5. The molecule has 0 radical (unpaired) electrons. The molecular formula is C4H6BrF3. The van der Waals surface area contributed by atoms with Gasteiger partial charge < -0.3 is 0 Å². The second-order valence-electron chi connectivity index (χ2n) is 1.97. The summed E-state index contributed by atoms with van der Waals surface area (Å²) < 4.78 is 32.8. The zero-order valence-electron chi connectivity index (χ0n) is 4.51. The van der Waals surface area contributed by atoms with E-state index in [0.717, 1.165) is 13.8 Å². The van der Waals surface area contributed by atoms with E-state index >= 15 is 0 Å². The zero-order chi connectivity index (χ0) is 7.00. The van der Waals surface area contributed by atoms with Crippen LogP contribution in [0.3, 0.4) is 0 Å². The Bertz CT molecular complexity index is 66.3. The SMILES string of the molecule is CC(C)(Br)C(F)(F)F. The van der Waals surface area contributed by atoms with Gasteiger partial charge in [0.25, 0.3) is 0 Å². The van der Waals surface area contributed by atoms with Crippen molar-refractivity contribution in [2.24, 2.45) is 0 Å². The number of halogens is 4. The Morgan fingerprint density at radius 3 is 1.25 bits per heavy atom. The summed E-state index contributed by atoms with van der Waals surface area (Å²) in [6, 6.07) is 0. The molecular weight excluding hydrogens is 185 g/mol. The van der Waals surface area contributed by atoms with Crippen molar-refractivity contribution in [3.05, 3.63) is 0 Å². The molecule has 0 aromatic rings. The predicted molar refractivity (Wildman–Crippen MR) is 29.1 cm³/mol. The number of rotatable bonds is 0. The molecule has 0 N–H and O–H groups in total. The Balaban J connectivity index is 4.02. The van der Waals surface area contributed by atoms with Crippen LogP contribution >= 0.6 is 15.9 Å². The van der Waals surface area contributed by atoms with E-state index in [1.54, 1.807) is 0 Å². The van der Waals surface area contributed by atoms with Crippen molar-refractivity contribution in [1.29, 1.82) is 0 Å². The van der Waals surface area contributed by atoms with Gasteiger partial charge in [-0.1, -0.05) is 15.9 Å². The summed E-state index contributed by atoms with van der Waals surface area (Å²) in [5.41, 5.74) is 0. The van der Waals surface area contributed by atoms with Crippen molar-refractivity contribution >= 4 is 15.9 Å². The molecule has 0 heterocycles. The highest BCUT2D eigenvalue weighted by Crippen LogP contribution is 2.36. The fraction of sp³-hybridized carbons (Fsp3) is 1.00. The fourth-order valence-electron chi connectivity index (χ4n) is 0. The number of hydrogen-bond donors (Lipinski definition) is 0. The second-order valence-corrected chi connectivity index (χ2v) is 3.95. The minimum absolute atomic E-state index is 1.06. The van der Waals surface area contributed by atoms with Gasteiger partial charge in [-0.25, -0.2) is 0 Å². The first-order valence-electron chi connectivity index (χ1n) is 2.01. The predicted octanol–water partition coefficient (Wildman–Crippen LogP) is 2.72. The summed E-state index contributed by atoms with van der Waals surface area (Å²) in [6.07, 6.45) is -4.15. The van der Waals surface area contributed by atoms with E-state index in [-0.39, 0.29) is 0 Å². The van der Waals surface area contributed by atoms with Crippen molar-refractivity contribution in [3.63, 3.8) is 0 Å². The van der Waals surface area contributed by atoms with E-state index in [2.05, 4.69) is 15.9 Å². The Morgan fingerprint density at radius 2 is 1.25 bits per heavy atom. The van der Waals surface area contributed by atoms with Gasteiger partial charge in [-0.05, 0) is 13.8 Å². The van der Waals surface area contributed by atoms with Gasteiger partial charge in [-0.3, -0.25) is 0 Å². The van der Waals surface area contributed by atoms with Gasteiger partial charge in [0.1, 0.15) is 4.32 Å². The summed E-state index contributed by atoms with van der Waals surface area (Å²) in [5, 5.41) is 0. The fourth-order valence-corrected chi connectivity index (χ4v) is 0. The molecule has 0 unspecified atom stereocenters. The molecule has 4 heteroatoms. The summed E-state index contributed by atoms with van der Waals surface area (Å²) >= 11 is 2.47. The largest absolute Gasteiger partial charge is 0.403 e. The average molecular weight is 191 g/mol. The van der Waals surface area contributed by atoms with Crippen molar-refractivity contribution in [2.75, 3.05) is 0 Å². The van der Waals surface area contributed by atoms with E-state index in [4.69, 9.17) is 0 Å². The third kappa shape index (κ3) is 2.03. The minimum atomic E-state index is -4.15. The molecule has 0 spiro atoms. The van der Waals surface area contributed by atoms with Gasteiger partial charge in [-0.15, -0.1) is 0 Å². The number of alkyl halides is 4.